The average Bonchev–Trinajstić information content (AvgIpc) is 3.21. The lowest BCUT2D eigenvalue weighted by Gasteiger charge is -2.50. The van der Waals surface area contributed by atoms with Crippen LogP contribution in [-0.4, -0.2) is 0 Å². The zero-order chi connectivity index (χ0) is 36.6. The summed E-state index contributed by atoms with van der Waals surface area (Å²) in [4.78, 5) is 4.94. The van der Waals surface area contributed by atoms with Crippen LogP contribution in [0.15, 0.2) is 182 Å². The van der Waals surface area contributed by atoms with Crippen molar-refractivity contribution in [3.8, 4) is 22.3 Å². The van der Waals surface area contributed by atoms with Crippen LogP contribution in [0.25, 0.3) is 33.0 Å². The molecule has 0 fully saturated rings. The number of anilines is 6. The summed E-state index contributed by atoms with van der Waals surface area (Å²) >= 11 is 0. The molecule has 260 valence electrons. The van der Waals surface area contributed by atoms with E-state index in [9.17, 15) is 0 Å². The molecular weight excluding hydrogens is 653 g/mol. The molecule has 0 radical (unpaired) electrons. The first-order chi connectivity index (χ1) is 26.3. The van der Waals surface area contributed by atoms with Gasteiger partial charge in [-0.05, 0) is 116 Å². The van der Waals surface area contributed by atoms with E-state index in [1.54, 1.807) is 0 Å². The molecule has 2 nitrogen and oxygen atoms in total. The summed E-state index contributed by atoms with van der Waals surface area (Å²) in [6, 6.07) is 67.0. The maximum absolute atomic E-state index is 2.57. The first-order valence-electron chi connectivity index (χ1n) is 19.0. The number of fused-ring (bicyclic) bond motifs is 5. The van der Waals surface area contributed by atoms with E-state index >= 15 is 0 Å². The largest absolute Gasteiger partial charge is 0.310 e. The predicted octanol–water partition coefficient (Wildman–Crippen LogP) is 14.4. The van der Waals surface area contributed by atoms with E-state index in [1.165, 1.54) is 72.3 Å². The summed E-state index contributed by atoms with van der Waals surface area (Å²) in [5, 5.41) is 2.52. The van der Waals surface area contributed by atoms with Gasteiger partial charge in [0, 0.05) is 27.9 Å². The maximum Gasteiger partial charge on any atom is 0.0544 e. The summed E-state index contributed by atoms with van der Waals surface area (Å²) in [6.07, 6.45) is 0. The lowest BCUT2D eigenvalue weighted by atomic mass is 9.65. The van der Waals surface area contributed by atoms with Gasteiger partial charge < -0.3 is 9.80 Å². The molecule has 0 aromatic heterocycles. The fraction of sp³-hybridized carbons (Fsp3) is 0.115. The summed E-state index contributed by atoms with van der Waals surface area (Å²) < 4.78 is 0. The zero-order valence-corrected chi connectivity index (χ0v) is 31.2. The van der Waals surface area contributed by atoms with Crippen LogP contribution in [0, 0.1) is 0 Å². The van der Waals surface area contributed by atoms with E-state index in [-0.39, 0.29) is 10.8 Å². The molecule has 54 heavy (non-hydrogen) atoms. The van der Waals surface area contributed by atoms with Crippen molar-refractivity contribution in [3.05, 3.63) is 204 Å². The minimum absolute atomic E-state index is 0.227. The molecule has 0 atom stereocenters. The number of hydrogen-bond donors (Lipinski definition) is 0. The molecule has 0 amide bonds. The number of para-hydroxylation sites is 3. The summed E-state index contributed by atoms with van der Waals surface area (Å²) in [7, 11) is 0. The third kappa shape index (κ3) is 4.80. The van der Waals surface area contributed by atoms with E-state index < -0.39 is 0 Å². The molecule has 0 saturated carbocycles. The van der Waals surface area contributed by atoms with Crippen molar-refractivity contribution < 1.29 is 0 Å². The quantitative estimate of drug-likeness (QED) is 0.177. The molecule has 2 aliphatic heterocycles. The van der Waals surface area contributed by atoms with Gasteiger partial charge in [0.25, 0.3) is 0 Å². The highest BCUT2D eigenvalue weighted by Crippen LogP contribution is 2.61. The molecule has 0 bridgehead atoms. The Balaban J connectivity index is 1.27. The Morgan fingerprint density at radius 1 is 0.407 bits per heavy atom. The van der Waals surface area contributed by atoms with Gasteiger partial charge >= 0.3 is 0 Å². The van der Waals surface area contributed by atoms with Crippen molar-refractivity contribution in [2.24, 2.45) is 0 Å². The van der Waals surface area contributed by atoms with Crippen LogP contribution in [0.3, 0.4) is 0 Å². The van der Waals surface area contributed by atoms with Crippen LogP contribution in [-0.2, 0) is 10.8 Å². The molecular formula is C52H42N2. The van der Waals surface area contributed by atoms with Crippen molar-refractivity contribution in [1.29, 1.82) is 0 Å². The van der Waals surface area contributed by atoms with Gasteiger partial charge in [-0.3, -0.25) is 0 Å². The second-order valence-electron chi connectivity index (χ2n) is 15.8. The highest BCUT2D eigenvalue weighted by atomic mass is 15.2. The van der Waals surface area contributed by atoms with Crippen LogP contribution in [0.2, 0.25) is 0 Å². The molecule has 2 heteroatoms. The number of rotatable bonds is 5. The molecule has 0 saturated heterocycles. The second-order valence-corrected chi connectivity index (χ2v) is 15.8. The number of nitrogens with zero attached hydrogens (tertiary/aromatic N) is 2. The van der Waals surface area contributed by atoms with E-state index in [4.69, 9.17) is 0 Å². The molecule has 10 rings (SSSR count). The van der Waals surface area contributed by atoms with Gasteiger partial charge in [-0.25, -0.2) is 0 Å². The minimum Gasteiger partial charge on any atom is -0.310 e. The van der Waals surface area contributed by atoms with Gasteiger partial charge in [0.15, 0.2) is 0 Å². The molecule has 2 aliphatic rings. The number of benzene rings is 8. The molecule has 0 aliphatic carbocycles. The Kier molecular flexibility index (Phi) is 7.22. The van der Waals surface area contributed by atoms with E-state index in [0.29, 0.717) is 0 Å². The maximum atomic E-state index is 2.57. The third-order valence-electron chi connectivity index (χ3n) is 12.0. The first kappa shape index (κ1) is 32.3. The Labute approximate surface area is 318 Å². The van der Waals surface area contributed by atoms with Crippen LogP contribution >= 0.6 is 0 Å². The molecule has 2 heterocycles. The number of hydrogen-bond acceptors (Lipinski definition) is 2. The van der Waals surface area contributed by atoms with Crippen molar-refractivity contribution in [2.45, 2.75) is 38.5 Å². The predicted molar refractivity (Wildman–Crippen MR) is 228 cm³/mol. The summed E-state index contributed by atoms with van der Waals surface area (Å²) in [6.45, 7) is 9.67. The van der Waals surface area contributed by atoms with E-state index in [1.807, 2.05) is 0 Å². The Morgan fingerprint density at radius 2 is 0.963 bits per heavy atom. The lowest BCUT2D eigenvalue weighted by Crippen LogP contribution is -2.38. The highest BCUT2D eigenvalue weighted by Gasteiger charge is 2.46. The van der Waals surface area contributed by atoms with Crippen LogP contribution in [0.4, 0.5) is 34.1 Å². The van der Waals surface area contributed by atoms with Crippen molar-refractivity contribution in [2.75, 3.05) is 9.80 Å². The third-order valence-corrected chi connectivity index (χ3v) is 12.0. The van der Waals surface area contributed by atoms with Gasteiger partial charge in [0.2, 0.25) is 0 Å². The molecule has 0 unspecified atom stereocenters. The highest BCUT2D eigenvalue weighted by molar-refractivity contribution is 6.05. The molecule has 8 aromatic carbocycles. The zero-order valence-electron chi connectivity index (χ0n) is 31.2. The molecule has 0 N–H and O–H groups in total. The van der Waals surface area contributed by atoms with E-state index in [2.05, 4.69) is 219 Å². The van der Waals surface area contributed by atoms with Gasteiger partial charge in [0.1, 0.15) is 0 Å². The Hall–Kier alpha value is -6.38. The van der Waals surface area contributed by atoms with Crippen molar-refractivity contribution in [1.82, 2.24) is 0 Å². The second kappa shape index (κ2) is 12.1. The van der Waals surface area contributed by atoms with Crippen LogP contribution in [0.5, 0.6) is 0 Å². The minimum atomic E-state index is -0.319. The fourth-order valence-electron chi connectivity index (χ4n) is 9.23. The summed E-state index contributed by atoms with van der Waals surface area (Å²) in [5.41, 5.74) is 17.1. The van der Waals surface area contributed by atoms with Crippen molar-refractivity contribution >= 4 is 44.9 Å². The smallest absolute Gasteiger partial charge is 0.0544 e. The van der Waals surface area contributed by atoms with Gasteiger partial charge in [-0.1, -0.05) is 149 Å². The van der Waals surface area contributed by atoms with E-state index in [0.717, 1.165) is 17.1 Å². The Bertz CT molecular complexity index is 2670. The van der Waals surface area contributed by atoms with Crippen LogP contribution in [0.1, 0.15) is 49.9 Å². The van der Waals surface area contributed by atoms with Gasteiger partial charge in [-0.2, -0.15) is 0 Å². The van der Waals surface area contributed by atoms with Gasteiger partial charge in [0.05, 0.1) is 17.1 Å². The normalized spacial score (nSPS) is 14.6. The van der Waals surface area contributed by atoms with Crippen molar-refractivity contribution in [3.63, 3.8) is 0 Å². The monoisotopic (exact) mass is 694 g/mol. The van der Waals surface area contributed by atoms with Gasteiger partial charge in [-0.15, -0.1) is 0 Å². The van der Waals surface area contributed by atoms with Crippen LogP contribution < -0.4 is 9.80 Å². The lowest BCUT2D eigenvalue weighted by molar-refractivity contribution is 0.598. The topological polar surface area (TPSA) is 6.48 Å². The fourth-order valence-corrected chi connectivity index (χ4v) is 9.23. The molecule has 0 spiro atoms. The Morgan fingerprint density at radius 3 is 1.65 bits per heavy atom. The first-order valence-corrected chi connectivity index (χ1v) is 19.0. The summed E-state index contributed by atoms with van der Waals surface area (Å²) in [5.74, 6) is 0. The SMILES string of the molecule is CC1(C)c2ccccc2N2c3ccc(N(c4ccccc4)c4ccccc4)cc3C(C)(C)c3cc(-c4c(-c5ccccc5)ccc5ccccc45)cc1c32. The standard InChI is InChI=1S/C52H42N2/c1-51(2)43-26-16-17-27-47(43)54-48-31-29-40(53(38-21-10-6-11-22-38)39-23-12-7-13-24-39)34-44(48)52(3,4)46-33-37(32-45(51)50(46)54)49-41-25-15-14-20-36(41)28-30-42(49)35-18-8-5-9-19-35/h5-34H,1-4H3. The average molecular weight is 695 g/mol. The molecule has 8 aromatic rings.